The predicted octanol–water partition coefficient (Wildman–Crippen LogP) is 5.54. The number of nitrogens with two attached hydrogens (primary N) is 1. The molecule has 232 valence electrons. The smallest absolute Gasteiger partial charge is 0.463 e. The molecule has 0 bridgehead atoms. The van der Waals surface area contributed by atoms with Gasteiger partial charge in [-0.05, 0) is 34.1 Å². The molecular formula is C27H37ClF3N6O4S+. The number of fused-ring (bicyclic) bond motifs is 2. The van der Waals surface area contributed by atoms with Crippen LogP contribution in [0.5, 0.6) is 11.9 Å². The number of carbonyl (C=O) groups excluding carboxylic acids is 1. The van der Waals surface area contributed by atoms with Crippen LogP contribution in [0.1, 0.15) is 60.3 Å². The molecule has 1 amide bonds. The predicted molar refractivity (Wildman–Crippen MR) is 156 cm³/mol. The average molecular weight is 634 g/mol. The fraction of sp³-hybridized carbons (Fsp3) is 0.667. The maximum absolute atomic E-state index is 15.0. The molecule has 10 nitrogen and oxygen atoms in total. The average Bonchev–Trinajstić information content (AvgIpc) is 3.05. The van der Waals surface area contributed by atoms with E-state index in [0.717, 1.165) is 6.42 Å². The second-order valence-electron chi connectivity index (χ2n) is 11.6. The third kappa shape index (κ3) is 7.49. The zero-order chi connectivity index (χ0) is 30.9. The number of carbonyl (C=O) groups is 1. The molecule has 2 aromatic heterocycles. The van der Waals surface area contributed by atoms with E-state index in [1.165, 1.54) is 11.8 Å². The van der Waals surface area contributed by atoms with E-state index < -0.39 is 39.6 Å². The summed E-state index contributed by atoms with van der Waals surface area (Å²) >= 11 is 7.48. The Morgan fingerprint density at radius 3 is 2.67 bits per heavy atom. The lowest BCUT2D eigenvalue weighted by molar-refractivity contribution is -0.447. The lowest BCUT2D eigenvalue weighted by Crippen LogP contribution is -2.59. The molecule has 0 saturated carbocycles. The fourth-order valence-corrected chi connectivity index (χ4v) is 5.88. The van der Waals surface area contributed by atoms with E-state index in [2.05, 4.69) is 15.0 Å². The molecule has 2 atom stereocenters. The van der Waals surface area contributed by atoms with Crippen molar-refractivity contribution in [1.82, 2.24) is 19.9 Å². The van der Waals surface area contributed by atoms with Crippen LogP contribution in [0, 0.1) is 5.82 Å². The molecule has 4 rings (SSSR count). The monoisotopic (exact) mass is 633 g/mol. The maximum Gasteiger partial charge on any atom is 0.596 e. The third-order valence-corrected chi connectivity index (χ3v) is 8.19. The zero-order valence-corrected chi connectivity index (χ0v) is 26.0. The number of hydrogen-bond acceptors (Lipinski definition) is 10. The number of thioether (sulfide) groups is 1. The van der Waals surface area contributed by atoms with Crippen molar-refractivity contribution in [1.29, 1.82) is 0 Å². The first-order valence-corrected chi connectivity index (χ1v) is 15.2. The summed E-state index contributed by atoms with van der Waals surface area (Å²) in [6.07, 6.45) is 2.96. The largest absolute Gasteiger partial charge is 0.596 e. The van der Waals surface area contributed by atoms with Crippen molar-refractivity contribution in [3.63, 3.8) is 0 Å². The number of rotatable bonds is 11. The number of pyridine rings is 1. The number of hydrogen-bond donors (Lipinski definition) is 1. The number of alkyl halides is 2. The van der Waals surface area contributed by atoms with Gasteiger partial charge in [0.15, 0.2) is 23.7 Å². The normalized spacial score (nSPS) is 21.1. The summed E-state index contributed by atoms with van der Waals surface area (Å²) in [5.41, 5.74) is 4.06. The number of halogens is 4. The van der Waals surface area contributed by atoms with Crippen molar-refractivity contribution in [2.45, 2.75) is 82.8 Å². The number of aromatic nitrogens is 3. The number of ether oxygens (including phenoxy) is 3. The van der Waals surface area contributed by atoms with E-state index in [9.17, 15) is 13.6 Å². The van der Waals surface area contributed by atoms with Crippen LogP contribution < -0.4 is 15.2 Å². The fourth-order valence-electron chi connectivity index (χ4n) is 4.98. The highest BCUT2D eigenvalue weighted by Gasteiger charge is 2.60. The van der Waals surface area contributed by atoms with E-state index in [1.807, 2.05) is 27.7 Å². The van der Waals surface area contributed by atoms with E-state index in [4.69, 9.17) is 31.5 Å². The van der Waals surface area contributed by atoms with Gasteiger partial charge in [-0.1, -0.05) is 18.5 Å². The number of amides is 1. The van der Waals surface area contributed by atoms with Gasteiger partial charge in [-0.15, -0.1) is 16.3 Å². The van der Waals surface area contributed by atoms with Gasteiger partial charge in [-0.3, -0.25) is 4.90 Å². The third-order valence-electron chi connectivity index (χ3n) is 6.91. The summed E-state index contributed by atoms with van der Waals surface area (Å²) in [7, 11) is 0. The summed E-state index contributed by atoms with van der Waals surface area (Å²) in [6.45, 7) is 9.90. The number of nitrogen functional groups attached to an aromatic ring is 1. The summed E-state index contributed by atoms with van der Waals surface area (Å²) < 4.78 is 61.6. The van der Waals surface area contributed by atoms with Crippen LogP contribution in [-0.2, 0) is 4.74 Å². The molecule has 2 fully saturated rings. The minimum Gasteiger partial charge on any atom is -0.463 e. The Kier molecular flexibility index (Phi) is 9.68. The SMILES string of the molecule is CCC/[N+](=C\CCSC(C)Oc1nc(Cl)c(F)c2nc(OCC34CCN3CC(F)(F)C4)nc(N)c12)C(=O)OC(C)(C)C. The van der Waals surface area contributed by atoms with Crippen molar-refractivity contribution in [3.8, 4) is 11.9 Å². The summed E-state index contributed by atoms with van der Waals surface area (Å²) in [6, 6.07) is -0.247. The lowest BCUT2D eigenvalue weighted by atomic mass is 9.85. The first-order chi connectivity index (χ1) is 19.6. The van der Waals surface area contributed by atoms with Crippen LogP contribution in [0.25, 0.3) is 10.9 Å². The molecular weight excluding hydrogens is 597 g/mol. The second kappa shape index (κ2) is 12.6. The van der Waals surface area contributed by atoms with Gasteiger partial charge >= 0.3 is 12.1 Å². The van der Waals surface area contributed by atoms with Gasteiger partial charge in [-0.25, -0.2) is 13.2 Å². The maximum atomic E-state index is 15.0. The van der Waals surface area contributed by atoms with Crippen LogP contribution in [0.15, 0.2) is 0 Å². The van der Waals surface area contributed by atoms with Crippen LogP contribution in [0.3, 0.4) is 0 Å². The van der Waals surface area contributed by atoms with E-state index in [0.29, 0.717) is 31.7 Å². The molecule has 2 N–H and O–H groups in total. The highest BCUT2D eigenvalue weighted by Crippen LogP contribution is 2.47. The second-order valence-corrected chi connectivity index (χ2v) is 13.3. The molecule has 0 aliphatic carbocycles. The van der Waals surface area contributed by atoms with Gasteiger partial charge < -0.3 is 19.9 Å². The minimum absolute atomic E-state index is 0.0261. The van der Waals surface area contributed by atoms with Gasteiger partial charge in [0.25, 0.3) is 5.92 Å². The van der Waals surface area contributed by atoms with Crippen LogP contribution in [-0.4, -0.2) is 91.2 Å². The van der Waals surface area contributed by atoms with Crippen molar-refractivity contribution >= 4 is 52.4 Å². The van der Waals surface area contributed by atoms with Crippen molar-refractivity contribution in [3.05, 3.63) is 11.0 Å². The Labute approximate surface area is 252 Å². The van der Waals surface area contributed by atoms with Gasteiger partial charge in [-0.2, -0.15) is 19.7 Å². The zero-order valence-electron chi connectivity index (χ0n) is 24.4. The summed E-state index contributed by atoms with van der Waals surface area (Å²) in [4.78, 5) is 26.4. The van der Waals surface area contributed by atoms with Crippen molar-refractivity contribution < 1.29 is 36.8 Å². The quantitative estimate of drug-likeness (QED) is 0.111. The summed E-state index contributed by atoms with van der Waals surface area (Å²) in [5, 5.41) is -0.447. The van der Waals surface area contributed by atoms with E-state index in [1.54, 1.807) is 22.6 Å². The first kappa shape index (κ1) is 32.3. The van der Waals surface area contributed by atoms with Crippen LogP contribution in [0.4, 0.5) is 23.8 Å². The molecule has 42 heavy (non-hydrogen) atoms. The highest BCUT2D eigenvalue weighted by atomic mass is 35.5. The molecule has 0 spiro atoms. The molecule has 2 aromatic rings. The molecule has 4 heterocycles. The Morgan fingerprint density at radius 1 is 1.31 bits per heavy atom. The van der Waals surface area contributed by atoms with E-state index in [-0.39, 0.29) is 48.2 Å². The van der Waals surface area contributed by atoms with Crippen molar-refractivity contribution in [2.75, 3.05) is 37.7 Å². The van der Waals surface area contributed by atoms with Crippen LogP contribution in [0.2, 0.25) is 5.15 Å². The standard InChI is InChI=1S/C27H37ClF3N6O4S/c1-6-9-36(24(38)41-25(3,4)5)10-7-12-42-16(2)40-22-17-19(18(29)20(28)34-22)33-23(35-21(17)32)39-15-26-8-11-37(26)14-27(30,31)13-26/h10,16H,6-9,11-15H2,1-5H3,(H2,32,33,35)/q+1/b36-10+. The Bertz CT molecular complexity index is 1360. The van der Waals surface area contributed by atoms with Gasteiger partial charge in [0.05, 0.1) is 12.1 Å². The molecule has 15 heteroatoms. The highest BCUT2D eigenvalue weighted by molar-refractivity contribution is 7.99. The molecule has 2 aliphatic heterocycles. The Balaban J connectivity index is 1.42. The van der Waals surface area contributed by atoms with Crippen molar-refractivity contribution in [2.24, 2.45) is 0 Å². The van der Waals surface area contributed by atoms with Gasteiger partial charge in [0.1, 0.15) is 34.4 Å². The molecule has 2 aliphatic rings. The number of anilines is 1. The van der Waals surface area contributed by atoms with Gasteiger partial charge in [0.2, 0.25) is 5.88 Å². The molecule has 0 radical (unpaired) electrons. The topological polar surface area (TPSA) is 116 Å². The summed E-state index contributed by atoms with van der Waals surface area (Å²) in [5.74, 6) is -3.32. The number of nitrogens with zero attached hydrogens (tertiary/aromatic N) is 5. The molecule has 0 aromatic carbocycles. The lowest BCUT2D eigenvalue weighted by Gasteiger charge is -2.46. The van der Waals surface area contributed by atoms with Gasteiger partial charge in [0, 0.05) is 31.6 Å². The molecule has 2 unspecified atom stereocenters. The Morgan fingerprint density at radius 2 is 2.05 bits per heavy atom. The Hall–Kier alpha value is -2.58. The first-order valence-electron chi connectivity index (χ1n) is 13.8. The van der Waals surface area contributed by atoms with E-state index >= 15 is 4.39 Å². The van der Waals surface area contributed by atoms with Crippen LogP contribution >= 0.6 is 23.4 Å². The molecule has 2 saturated heterocycles. The minimum atomic E-state index is -2.79.